The fourth-order valence-corrected chi connectivity index (χ4v) is 1.23. The topological polar surface area (TPSA) is 73.6 Å². The van der Waals surface area contributed by atoms with E-state index in [9.17, 15) is 4.57 Å². The summed E-state index contributed by atoms with van der Waals surface area (Å²) in [5, 5.41) is 2.50. The van der Waals surface area contributed by atoms with E-state index in [1.165, 1.54) is 0 Å². The first-order chi connectivity index (χ1) is 6.63. The number of rotatable bonds is 8. The summed E-state index contributed by atoms with van der Waals surface area (Å²) in [6, 6.07) is 0. The Balaban J connectivity index is 3.73. The summed E-state index contributed by atoms with van der Waals surface area (Å²) in [4.78, 5) is 0. The molecule has 0 bridgehead atoms. The standard InChI is InChI=1S/C8H20N2O3P/c1-4-7(2)13-8(5-9)6-12-14(11)10-3/h7-8H,4-6,9H2,1-3H3,(H,10,11)/q+1/t7-,8-/m0/s1. The van der Waals surface area contributed by atoms with Gasteiger partial charge in [-0.3, -0.25) is 0 Å². The number of ether oxygens (including phenoxy) is 1. The highest BCUT2D eigenvalue weighted by molar-refractivity contribution is 7.36. The maximum absolute atomic E-state index is 10.9. The van der Waals surface area contributed by atoms with E-state index >= 15 is 0 Å². The fourth-order valence-electron chi connectivity index (χ4n) is 0.803. The van der Waals surface area contributed by atoms with Gasteiger partial charge in [0.05, 0.1) is 12.2 Å². The van der Waals surface area contributed by atoms with Gasteiger partial charge in [0.25, 0.3) is 0 Å². The third-order valence-electron chi connectivity index (χ3n) is 1.82. The quantitative estimate of drug-likeness (QED) is 0.601. The van der Waals surface area contributed by atoms with Gasteiger partial charge >= 0.3 is 8.18 Å². The van der Waals surface area contributed by atoms with E-state index in [1.54, 1.807) is 7.05 Å². The Labute approximate surface area is 86.3 Å². The Bertz CT molecular complexity index is 169. The monoisotopic (exact) mass is 223 g/mol. The summed E-state index contributed by atoms with van der Waals surface area (Å²) in [5.41, 5.74) is 5.48. The Hall–Kier alpha value is -0.0600. The maximum atomic E-state index is 10.9. The second kappa shape index (κ2) is 8.26. The SMILES string of the molecule is CC[C@H](C)O[C@@H](CN)CO[P+](=O)NC. The molecule has 0 spiro atoms. The molecule has 0 amide bonds. The van der Waals surface area contributed by atoms with E-state index in [0.29, 0.717) is 6.54 Å². The van der Waals surface area contributed by atoms with Crippen molar-refractivity contribution in [1.82, 2.24) is 5.09 Å². The predicted molar refractivity (Wildman–Crippen MR) is 56.3 cm³/mol. The second-order valence-corrected chi connectivity index (χ2v) is 4.21. The lowest BCUT2D eigenvalue weighted by Gasteiger charge is -2.17. The van der Waals surface area contributed by atoms with Gasteiger partial charge in [-0.05, 0) is 17.9 Å². The van der Waals surface area contributed by atoms with Crippen molar-refractivity contribution in [3.63, 3.8) is 0 Å². The van der Waals surface area contributed by atoms with Crippen LogP contribution in [-0.2, 0) is 13.8 Å². The number of nitrogens with one attached hydrogen (secondary N) is 1. The zero-order valence-corrected chi connectivity index (χ0v) is 9.92. The molecule has 0 aromatic rings. The molecule has 0 aliphatic carbocycles. The summed E-state index contributed by atoms with van der Waals surface area (Å²) in [5.74, 6) is 0. The molecule has 0 aliphatic rings. The smallest absolute Gasteiger partial charge is 0.371 e. The molecule has 0 rings (SSSR count). The lowest BCUT2D eigenvalue weighted by Crippen LogP contribution is -2.31. The third-order valence-corrected chi connectivity index (χ3v) is 2.57. The zero-order chi connectivity index (χ0) is 11.0. The van der Waals surface area contributed by atoms with Crippen molar-refractivity contribution < 1.29 is 13.8 Å². The van der Waals surface area contributed by atoms with Crippen LogP contribution in [0, 0.1) is 0 Å². The lowest BCUT2D eigenvalue weighted by molar-refractivity contribution is -0.0204. The van der Waals surface area contributed by atoms with Crippen molar-refractivity contribution in [2.24, 2.45) is 5.73 Å². The third kappa shape index (κ3) is 6.40. The Morgan fingerprint density at radius 3 is 2.64 bits per heavy atom. The van der Waals surface area contributed by atoms with E-state index in [4.69, 9.17) is 15.0 Å². The van der Waals surface area contributed by atoms with Crippen molar-refractivity contribution in [1.29, 1.82) is 0 Å². The predicted octanol–water partition coefficient (Wildman–Crippen LogP) is 1.02. The molecule has 0 saturated heterocycles. The van der Waals surface area contributed by atoms with Crippen molar-refractivity contribution in [3.05, 3.63) is 0 Å². The molecule has 5 nitrogen and oxygen atoms in total. The van der Waals surface area contributed by atoms with Gasteiger partial charge in [-0.15, -0.1) is 4.52 Å². The average molecular weight is 223 g/mol. The Morgan fingerprint density at radius 2 is 2.21 bits per heavy atom. The molecular formula is C8H20N2O3P+. The molecule has 1 unspecified atom stereocenters. The molecule has 14 heavy (non-hydrogen) atoms. The summed E-state index contributed by atoms with van der Waals surface area (Å²) < 4.78 is 21.4. The van der Waals surface area contributed by atoms with Gasteiger partial charge in [0, 0.05) is 13.6 Å². The van der Waals surface area contributed by atoms with Crippen molar-refractivity contribution in [2.75, 3.05) is 20.2 Å². The minimum absolute atomic E-state index is 0.152. The highest BCUT2D eigenvalue weighted by Gasteiger charge is 2.19. The molecule has 6 heteroatoms. The number of hydrogen-bond acceptors (Lipinski definition) is 4. The van der Waals surface area contributed by atoms with E-state index < -0.39 is 8.18 Å². The van der Waals surface area contributed by atoms with Gasteiger partial charge in [-0.1, -0.05) is 12.0 Å². The molecule has 84 valence electrons. The minimum atomic E-state index is -1.78. The Morgan fingerprint density at radius 1 is 1.57 bits per heavy atom. The van der Waals surface area contributed by atoms with Crippen LogP contribution < -0.4 is 10.8 Å². The van der Waals surface area contributed by atoms with Crippen molar-refractivity contribution in [2.45, 2.75) is 32.5 Å². The van der Waals surface area contributed by atoms with Crippen LogP contribution in [0.5, 0.6) is 0 Å². The van der Waals surface area contributed by atoms with Gasteiger partial charge in [0.1, 0.15) is 6.61 Å². The Kier molecular flexibility index (Phi) is 8.23. The van der Waals surface area contributed by atoms with Gasteiger partial charge < -0.3 is 10.5 Å². The van der Waals surface area contributed by atoms with Crippen molar-refractivity contribution >= 4 is 8.18 Å². The normalized spacial score (nSPS) is 16.4. The van der Waals surface area contributed by atoms with Crippen LogP contribution in [0.1, 0.15) is 20.3 Å². The highest BCUT2D eigenvalue weighted by Crippen LogP contribution is 2.15. The zero-order valence-electron chi connectivity index (χ0n) is 9.03. The minimum Gasteiger partial charge on any atom is -0.371 e. The van der Waals surface area contributed by atoms with E-state index in [0.717, 1.165) is 6.42 Å². The summed E-state index contributed by atoms with van der Waals surface area (Å²) in [6.45, 7) is 4.64. The van der Waals surface area contributed by atoms with E-state index in [2.05, 4.69) is 5.09 Å². The van der Waals surface area contributed by atoms with Crippen LogP contribution in [-0.4, -0.2) is 32.4 Å². The second-order valence-electron chi connectivity index (χ2n) is 2.99. The fraction of sp³-hybridized carbons (Fsp3) is 1.00. The van der Waals surface area contributed by atoms with Gasteiger partial charge in [0.2, 0.25) is 0 Å². The molecule has 0 aliphatic heterocycles. The largest absolute Gasteiger partial charge is 0.612 e. The lowest BCUT2D eigenvalue weighted by atomic mass is 10.3. The molecule has 0 aromatic carbocycles. The van der Waals surface area contributed by atoms with Crippen molar-refractivity contribution in [3.8, 4) is 0 Å². The molecule has 3 N–H and O–H groups in total. The number of nitrogens with two attached hydrogens (primary N) is 1. The summed E-state index contributed by atoms with van der Waals surface area (Å²) in [7, 11) is -0.206. The summed E-state index contributed by atoms with van der Waals surface area (Å²) >= 11 is 0. The van der Waals surface area contributed by atoms with Crippen LogP contribution in [0.3, 0.4) is 0 Å². The molecule has 0 saturated carbocycles. The molecule has 0 radical (unpaired) electrons. The van der Waals surface area contributed by atoms with Crippen LogP contribution in [0.25, 0.3) is 0 Å². The van der Waals surface area contributed by atoms with E-state index in [1.807, 2.05) is 13.8 Å². The first kappa shape index (κ1) is 13.9. The van der Waals surface area contributed by atoms with Crippen LogP contribution in [0.15, 0.2) is 0 Å². The number of hydrogen-bond donors (Lipinski definition) is 2. The first-order valence-corrected chi connectivity index (χ1v) is 5.94. The van der Waals surface area contributed by atoms with Crippen LogP contribution in [0.4, 0.5) is 0 Å². The van der Waals surface area contributed by atoms with E-state index in [-0.39, 0.29) is 18.8 Å². The van der Waals surface area contributed by atoms with Crippen LogP contribution in [0.2, 0.25) is 0 Å². The van der Waals surface area contributed by atoms with Gasteiger partial charge in [0.15, 0.2) is 0 Å². The molecule has 3 atom stereocenters. The molecule has 0 heterocycles. The molecule has 0 aromatic heterocycles. The highest BCUT2D eigenvalue weighted by atomic mass is 31.1. The first-order valence-electron chi connectivity index (χ1n) is 4.77. The summed E-state index contributed by atoms with van der Waals surface area (Å²) in [6.07, 6.45) is 0.895. The maximum Gasteiger partial charge on any atom is 0.612 e. The van der Waals surface area contributed by atoms with Crippen LogP contribution >= 0.6 is 8.18 Å². The van der Waals surface area contributed by atoms with Gasteiger partial charge in [-0.2, -0.15) is 0 Å². The molecule has 0 fully saturated rings. The molecular weight excluding hydrogens is 203 g/mol. The van der Waals surface area contributed by atoms with Gasteiger partial charge in [-0.25, -0.2) is 0 Å². The average Bonchev–Trinajstić information content (AvgIpc) is 2.22.